The first kappa shape index (κ1) is 16.9. The lowest BCUT2D eigenvalue weighted by molar-refractivity contribution is -0.146. The van der Waals surface area contributed by atoms with Crippen LogP contribution in [0.5, 0.6) is 0 Å². The van der Waals surface area contributed by atoms with Crippen LogP contribution < -0.4 is 11.1 Å². The van der Waals surface area contributed by atoms with E-state index >= 15 is 0 Å². The number of carbonyl (C=O) groups is 2. The summed E-state index contributed by atoms with van der Waals surface area (Å²) in [5.74, 6) is -2.59. The van der Waals surface area contributed by atoms with Crippen LogP contribution in [0.4, 0.5) is 5.69 Å². The van der Waals surface area contributed by atoms with Crippen LogP contribution in [0.15, 0.2) is 23.1 Å². The van der Waals surface area contributed by atoms with Gasteiger partial charge in [0.25, 0.3) is 10.1 Å². The lowest BCUT2D eigenvalue weighted by atomic mass is 10.1. The van der Waals surface area contributed by atoms with Crippen molar-refractivity contribution in [3.8, 4) is 0 Å². The Bertz CT molecular complexity index is 657. The Balaban J connectivity index is 2.82. The monoisotopic (exact) mass is 318 g/mol. The number of carboxylic acids is 2. The molecular formula is C11H14N2O7S. The molecule has 0 aliphatic carbocycles. The first-order chi connectivity index (χ1) is 9.61. The molecule has 6 N–H and O–H groups in total. The van der Waals surface area contributed by atoms with E-state index in [1.54, 1.807) is 0 Å². The van der Waals surface area contributed by atoms with Crippen molar-refractivity contribution in [3.05, 3.63) is 23.8 Å². The van der Waals surface area contributed by atoms with Gasteiger partial charge in [0.1, 0.15) is 10.9 Å². The average molecular weight is 318 g/mol. The number of hydrogen-bond donors (Lipinski definition) is 5. The van der Waals surface area contributed by atoms with E-state index in [9.17, 15) is 18.0 Å². The molecule has 1 aromatic carbocycles. The van der Waals surface area contributed by atoms with Crippen LogP contribution in [0.1, 0.15) is 12.0 Å². The van der Waals surface area contributed by atoms with Gasteiger partial charge in [0.15, 0.2) is 0 Å². The zero-order valence-corrected chi connectivity index (χ0v) is 11.5. The highest BCUT2D eigenvalue weighted by Crippen LogP contribution is 2.19. The SMILES string of the molecule is Nc1cc(CNC(CC(=O)O)C(=O)O)ccc1S(=O)(=O)O. The molecule has 21 heavy (non-hydrogen) atoms. The van der Waals surface area contributed by atoms with Gasteiger partial charge in [-0.25, -0.2) is 0 Å². The number of hydrogen-bond acceptors (Lipinski definition) is 6. The number of nitrogen functional groups attached to an aromatic ring is 1. The molecule has 0 aromatic heterocycles. The van der Waals surface area contributed by atoms with E-state index in [2.05, 4.69) is 5.32 Å². The second-order valence-corrected chi connectivity index (χ2v) is 5.61. The molecule has 10 heteroatoms. The van der Waals surface area contributed by atoms with E-state index in [4.69, 9.17) is 20.5 Å². The fourth-order valence-electron chi connectivity index (χ4n) is 1.61. The topological polar surface area (TPSA) is 167 Å². The van der Waals surface area contributed by atoms with Crippen LogP contribution in [-0.2, 0) is 26.3 Å². The largest absolute Gasteiger partial charge is 0.481 e. The quantitative estimate of drug-likeness (QED) is 0.330. The minimum absolute atomic E-state index is 0.0276. The molecule has 0 aliphatic rings. The molecule has 1 unspecified atom stereocenters. The zero-order valence-electron chi connectivity index (χ0n) is 10.7. The van der Waals surface area contributed by atoms with Crippen molar-refractivity contribution in [2.45, 2.75) is 23.9 Å². The van der Waals surface area contributed by atoms with Gasteiger partial charge in [0.2, 0.25) is 0 Å². The predicted octanol–water partition coefficient (Wildman–Crippen LogP) is -0.467. The third-order valence-corrected chi connectivity index (χ3v) is 3.51. The highest BCUT2D eigenvalue weighted by atomic mass is 32.2. The minimum Gasteiger partial charge on any atom is -0.481 e. The third kappa shape index (κ3) is 5.02. The van der Waals surface area contributed by atoms with E-state index < -0.39 is 39.4 Å². The fourth-order valence-corrected chi connectivity index (χ4v) is 2.20. The molecule has 0 heterocycles. The van der Waals surface area contributed by atoms with Crippen molar-refractivity contribution >= 4 is 27.7 Å². The molecule has 116 valence electrons. The molecule has 1 aromatic rings. The standard InChI is InChI=1S/C11H14N2O7S/c12-7-3-6(1-2-9(7)21(18,19)20)5-13-8(11(16)17)4-10(14)15/h1-3,8,13H,4-5,12H2,(H,14,15)(H,16,17)(H,18,19,20). The minimum atomic E-state index is -4.43. The van der Waals surface area contributed by atoms with Crippen molar-refractivity contribution in [2.75, 3.05) is 5.73 Å². The smallest absolute Gasteiger partial charge is 0.321 e. The molecule has 1 rings (SSSR count). The molecule has 0 spiro atoms. The Kier molecular flexibility index (Phi) is 5.24. The van der Waals surface area contributed by atoms with Gasteiger partial charge in [-0.1, -0.05) is 6.07 Å². The molecule has 0 aliphatic heterocycles. The molecule has 0 amide bonds. The number of nitrogens with two attached hydrogens (primary N) is 1. The summed E-state index contributed by atoms with van der Waals surface area (Å²) >= 11 is 0. The van der Waals surface area contributed by atoms with Crippen molar-refractivity contribution in [1.29, 1.82) is 0 Å². The van der Waals surface area contributed by atoms with Gasteiger partial charge >= 0.3 is 11.9 Å². The maximum Gasteiger partial charge on any atom is 0.321 e. The van der Waals surface area contributed by atoms with Gasteiger partial charge in [0.05, 0.1) is 12.1 Å². The van der Waals surface area contributed by atoms with E-state index in [1.165, 1.54) is 12.1 Å². The Morgan fingerprint density at radius 3 is 2.33 bits per heavy atom. The summed E-state index contributed by atoms with van der Waals surface area (Å²) in [5, 5.41) is 19.9. The number of nitrogens with one attached hydrogen (secondary N) is 1. The third-order valence-electron chi connectivity index (χ3n) is 2.58. The van der Waals surface area contributed by atoms with Crippen molar-refractivity contribution in [3.63, 3.8) is 0 Å². The van der Waals surface area contributed by atoms with E-state index in [0.717, 1.165) is 6.07 Å². The van der Waals surface area contributed by atoms with Crippen molar-refractivity contribution in [1.82, 2.24) is 5.32 Å². The highest BCUT2D eigenvalue weighted by molar-refractivity contribution is 7.86. The van der Waals surface area contributed by atoms with Crippen molar-refractivity contribution < 1.29 is 32.8 Å². The first-order valence-corrected chi connectivity index (χ1v) is 7.09. The van der Waals surface area contributed by atoms with Gasteiger partial charge in [-0.3, -0.25) is 19.5 Å². The molecule has 0 fully saturated rings. The van der Waals surface area contributed by atoms with E-state index in [0.29, 0.717) is 5.56 Å². The normalized spacial score (nSPS) is 12.8. The summed E-state index contributed by atoms with van der Waals surface area (Å²) in [6.07, 6.45) is -0.603. The molecule has 0 bridgehead atoms. The van der Waals surface area contributed by atoms with Crippen LogP contribution in [0.25, 0.3) is 0 Å². The molecule has 9 nitrogen and oxygen atoms in total. The number of rotatable bonds is 7. The molecular weight excluding hydrogens is 304 g/mol. The summed E-state index contributed by atoms with van der Waals surface area (Å²) < 4.78 is 30.8. The Morgan fingerprint density at radius 2 is 1.90 bits per heavy atom. The molecule has 0 saturated carbocycles. The second kappa shape index (κ2) is 6.52. The number of anilines is 1. The summed E-state index contributed by atoms with van der Waals surface area (Å²) in [5.41, 5.74) is 5.73. The van der Waals surface area contributed by atoms with Gasteiger partial charge in [0, 0.05) is 6.54 Å². The molecule has 1 atom stereocenters. The molecule has 0 saturated heterocycles. The van der Waals surface area contributed by atoms with Gasteiger partial charge in [-0.2, -0.15) is 8.42 Å². The van der Waals surface area contributed by atoms with Gasteiger partial charge in [-0.15, -0.1) is 0 Å². The number of carboxylic acid groups (broad SMARTS) is 2. The first-order valence-electron chi connectivity index (χ1n) is 5.65. The Labute approximate surface area is 120 Å². The van der Waals surface area contributed by atoms with Gasteiger partial charge < -0.3 is 15.9 Å². The summed E-state index contributed by atoms with van der Waals surface area (Å²) in [4.78, 5) is 20.9. The van der Waals surface area contributed by atoms with E-state index in [1.807, 2.05) is 0 Å². The second-order valence-electron chi connectivity index (χ2n) is 4.22. The Hall–Kier alpha value is -2.17. The summed E-state index contributed by atoms with van der Waals surface area (Å²) in [7, 11) is -4.43. The predicted molar refractivity (Wildman–Crippen MR) is 71.2 cm³/mol. The maximum atomic E-state index is 11.0. The van der Waals surface area contributed by atoms with Gasteiger partial charge in [-0.05, 0) is 17.7 Å². The Morgan fingerprint density at radius 1 is 1.29 bits per heavy atom. The average Bonchev–Trinajstić information content (AvgIpc) is 2.32. The van der Waals surface area contributed by atoms with E-state index in [-0.39, 0.29) is 12.2 Å². The van der Waals surface area contributed by atoms with Crippen LogP contribution in [0.2, 0.25) is 0 Å². The van der Waals surface area contributed by atoms with Crippen LogP contribution in [-0.4, -0.2) is 41.2 Å². The lowest BCUT2D eigenvalue weighted by Gasteiger charge is -2.13. The highest BCUT2D eigenvalue weighted by Gasteiger charge is 2.20. The lowest BCUT2D eigenvalue weighted by Crippen LogP contribution is -2.38. The van der Waals surface area contributed by atoms with Crippen LogP contribution in [0.3, 0.4) is 0 Å². The number of aliphatic carboxylic acids is 2. The summed E-state index contributed by atoms with van der Waals surface area (Å²) in [6.45, 7) is -0.0276. The van der Waals surface area contributed by atoms with Crippen LogP contribution in [0, 0.1) is 0 Å². The zero-order chi connectivity index (χ0) is 16.2. The maximum absolute atomic E-state index is 11.0. The van der Waals surface area contributed by atoms with Crippen LogP contribution >= 0.6 is 0 Å². The fraction of sp³-hybridized carbons (Fsp3) is 0.273. The van der Waals surface area contributed by atoms with Crippen molar-refractivity contribution in [2.24, 2.45) is 0 Å². The number of benzene rings is 1. The molecule has 0 radical (unpaired) electrons. The summed E-state index contributed by atoms with van der Waals surface area (Å²) in [6, 6.07) is 2.36.